The second-order valence-corrected chi connectivity index (χ2v) is 4.81. The van der Waals surface area contributed by atoms with E-state index in [2.05, 4.69) is 0 Å². The summed E-state index contributed by atoms with van der Waals surface area (Å²) in [6.07, 6.45) is -2.11. The summed E-state index contributed by atoms with van der Waals surface area (Å²) in [5.41, 5.74) is 0. The SMILES string of the molecule is CC(=O)OC[C@@H](OC(C)=O)[C@H](OC(C)=O)[C@@H]1CC(=O)ON1C. The number of hydrogen-bond acceptors (Lipinski definition) is 9. The van der Waals surface area contributed by atoms with Crippen molar-refractivity contribution in [2.75, 3.05) is 13.7 Å². The van der Waals surface area contributed by atoms with E-state index in [9.17, 15) is 19.2 Å². The maximum absolute atomic E-state index is 11.4. The van der Waals surface area contributed by atoms with Crippen LogP contribution in [0.15, 0.2) is 0 Å². The first-order valence-electron chi connectivity index (χ1n) is 6.62. The van der Waals surface area contributed by atoms with Crippen LogP contribution in [0.3, 0.4) is 0 Å². The number of nitrogens with zero attached hydrogens (tertiary/aromatic N) is 1. The van der Waals surface area contributed by atoms with Crippen molar-refractivity contribution in [3.8, 4) is 0 Å². The van der Waals surface area contributed by atoms with E-state index in [1.54, 1.807) is 0 Å². The van der Waals surface area contributed by atoms with Gasteiger partial charge in [0.05, 0.1) is 12.5 Å². The first kappa shape index (κ1) is 17.9. The van der Waals surface area contributed by atoms with Gasteiger partial charge in [0.25, 0.3) is 0 Å². The summed E-state index contributed by atoms with van der Waals surface area (Å²) >= 11 is 0. The van der Waals surface area contributed by atoms with Gasteiger partial charge in [0, 0.05) is 27.8 Å². The predicted octanol–water partition coefficient (Wildman–Crippen LogP) is -0.425. The Labute approximate surface area is 127 Å². The molecule has 124 valence electrons. The first-order chi connectivity index (χ1) is 10.2. The molecule has 0 aromatic heterocycles. The molecule has 1 fully saturated rings. The molecule has 0 radical (unpaired) electrons. The maximum Gasteiger partial charge on any atom is 0.326 e. The molecule has 0 unspecified atom stereocenters. The van der Waals surface area contributed by atoms with Crippen molar-refractivity contribution in [2.45, 2.75) is 45.4 Å². The molecule has 0 N–H and O–H groups in total. The third-order valence-corrected chi connectivity index (χ3v) is 2.90. The topological polar surface area (TPSA) is 108 Å². The lowest BCUT2D eigenvalue weighted by molar-refractivity contribution is -0.193. The highest BCUT2D eigenvalue weighted by Gasteiger charge is 2.44. The van der Waals surface area contributed by atoms with Crippen LogP contribution in [0.1, 0.15) is 27.2 Å². The molecule has 1 aliphatic rings. The molecule has 1 rings (SSSR count). The van der Waals surface area contributed by atoms with Crippen LogP contribution in [0.4, 0.5) is 0 Å². The van der Waals surface area contributed by atoms with E-state index in [-0.39, 0.29) is 13.0 Å². The normalized spacial score (nSPS) is 20.7. The van der Waals surface area contributed by atoms with Crippen molar-refractivity contribution >= 4 is 23.9 Å². The molecule has 0 spiro atoms. The molecule has 1 heterocycles. The van der Waals surface area contributed by atoms with E-state index in [4.69, 9.17) is 19.0 Å². The van der Waals surface area contributed by atoms with Gasteiger partial charge in [0.2, 0.25) is 0 Å². The van der Waals surface area contributed by atoms with Crippen LogP contribution in [0, 0.1) is 0 Å². The summed E-state index contributed by atoms with van der Waals surface area (Å²) in [6.45, 7) is 3.25. The van der Waals surface area contributed by atoms with Crippen LogP contribution >= 0.6 is 0 Å². The quantitative estimate of drug-likeness (QED) is 0.476. The van der Waals surface area contributed by atoms with Gasteiger partial charge >= 0.3 is 23.9 Å². The van der Waals surface area contributed by atoms with E-state index in [0.29, 0.717) is 0 Å². The molecular formula is C13H19NO8. The van der Waals surface area contributed by atoms with Gasteiger partial charge in [-0.05, 0) is 0 Å². The number of hydroxylamine groups is 2. The highest BCUT2D eigenvalue weighted by molar-refractivity contribution is 5.72. The molecule has 0 aliphatic carbocycles. The molecule has 0 saturated carbocycles. The summed E-state index contributed by atoms with van der Waals surface area (Å²) in [6, 6.07) is -0.656. The molecule has 22 heavy (non-hydrogen) atoms. The lowest BCUT2D eigenvalue weighted by Crippen LogP contribution is -2.49. The molecule has 9 heteroatoms. The van der Waals surface area contributed by atoms with Crippen molar-refractivity contribution < 1.29 is 38.2 Å². The Balaban J connectivity index is 2.96. The van der Waals surface area contributed by atoms with E-state index < -0.39 is 42.1 Å². The van der Waals surface area contributed by atoms with Gasteiger partial charge in [-0.1, -0.05) is 0 Å². The number of rotatable bonds is 6. The second kappa shape index (κ2) is 7.74. The fourth-order valence-electron chi connectivity index (χ4n) is 2.09. The van der Waals surface area contributed by atoms with Gasteiger partial charge in [0.1, 0.15) is 6.61 Å². The maximum atomic E-state index is 11.4. The Morgan fingerprint density at radius 1 is 1.18 bits per heavy atom. The summed E-state index contributed by atoms with van der Waals surface area (Å²) in [4.78, 5) is 49.7. The number of hydrogen-bond donors (Lipinski definition) is 0. The van der Waals surface area contributed by atoms with Crippen molar-refractivity contribution in [1.29, 1.82) is 0 Å². The Bertz CT molecular complexity index is 463. The molecule has 0 aromatic carbocycles. The van der Waals surface area contributed by atoms with Crippen LogP contribution in [-0.2, 0) is 38.2 Å². The van der Waals surface area contributed by atoms with Gasteiger partial charge in [-0.15, -0.1) is 5.06 Å². The standard InChI is InChI=1S/C13H19NO8/c1-7(15)19-6-11(20-8(2)16)13(21-9(3)17)10-5-12(18)22-14(10)4/h10-11,13H,5-6H2,1-4H3/t10-,11+,13+/m0/s1. The molecule has 0 amide bonds. The van der Waals surface area contributed by atoms with Crippen molar-refractivity contribution in [2.24, 2.45) is 0 Å². The van der Waals surface area contributed by atoms with E-state index >= 15 is 0 Å². The summed E-state index contributed by atoms with van der Waals surface area (Å²) < 4.78 is 15.1. The highest BCUT2D eigenvalue weighted by Crippen LogP contribution is 2.23. The van der Waals surface area contributed by atoms with Crippen LogP contribution in [0.5, 0.6) is 0 Å². The minimum Gasteiger partial charge on any atom is -0.462 e. The number of likely N-dealkylation sites (N-methyl/N-ethyl adjacent to an activating group) is 1. The van der Waals surface area contributed by atoms with Crippen molar-refractivity contribution in [1.82, 2.24) is 5.06 Å². The van der Waals surface area contributed by atoms with E-state index in [0.717, 1.165) is 0 Å². The zero-order chi connectivity index (χ0) is 16.9. The monoisotopic (exact) mass is 317 g/mol. The van der Waals surface area contributed by atoms with Gasteiger partial charge in [-0.25, -0.2) is 0 Å². The number of ether oxygens (including phenoxy) is 3. The average molecular weight is 317 g/mol. The fourth-order valence-corrected chi connectivity index (χ4v) is 2.09. The lowest BCUT2D eigenvalue weighted by atomic mass is 10.0. The van der Waals surface area contributed by atoms with E-state index in [1.165, 1.54) is 32.9 Å². The van der Waals surface area contributed by atoms with Gasteiger partial charge in [0.15, 0.2) is 12.2 Å². The Morgan fingerprint density at radius 3 is 2.18 bits per heavy atom. The third-order valence-electron chi connectivity index (χ3n) is 2.90. The summed E-state index contributed by atoms with van der Waals surface area (Å²) in [5.74, 6) is -2.34. The Morgan fingerprint density at radius 2 is 1.77 bits per heavy atom. The highest BCUT2D eigenvalue weighted by atomic mass is 16.7. The number of carbonyl (C=O) groups is 4. The van der Waals surface area contributed by atoms with Crippen LogP contribution < -0.4 is 0 Å². The number of esters is 3. The van der Waals surface area contributed by atoms with Crippen molar-refractivity contribution in [3.63, 3.8) is 0 Å². The minimum absolute atomic E-state index is 0.0493. The summed E-state index contributed by atoms with van der Waals surface area (Å²) in [5, 5.41) is 1.22. The fraction of sp³-hybridized carbons (Fsp3) is 0.692. The largest absolute Gasteiger partial charge is 0.462 e. The smallest absolute Gasteiger partial charge is 0.326 e. The predicted molar refractivity (Wildman–Crippen MR) is 70.0 cm³/mol. The zero-order valence-corrected chi connectivity index (χ0v) is 12.9. The van der Waals surface area contributed by atoms with Crippen LogP contribution in [0.2, 0.25) is 0 Å². The molecular weight excluding hydrogens is 298 g/mol. The molecule has 0 aromatic rings. The second-order valence-electron chi connectivity index (χ2n) is 4.81. The van der Waals surface area contributed by atoms with Crippen molar-refractivity contribution in [3.05, 3.63) is 0 Å². The van der Waals surface area contributed by atoms with Crippen LogP contribution in [-0.4, -0.2) is 60.8 Å². The minimum atomic E-state index is -1.05. The Hall–Kier alpha value is -2.16. The third kappa shape index (κ3) is 5.32. The van der Waals surface area contributed by atoms with Gasteiger partial charge < -0.3 is 19.0 Å². The molecule has 9 nitrogen and oxygen atoms in total. The van der Waals surface area contributed by atoms with Gasteiger partial charge in [-0.2, -0.15) is 0 Å². The molecule has 1 saturated heterocycles. The lowest BCUT2D eigenvalue weighted by Gasteiger charge is -2.31. The zero-order valence-electron chi connectivity index (χ0n) is 12.9. The summed E-state index contributed by atoms with van der Waals surface area (Å²) in [7, 11) is 1.49. The average Bonchev–Trinajstić information content (AvgIpc) is 2.70. The molecule has 3 atom stereocenters. The Kier molecular flexibility index (Phi) is 6.29. The molecule has 1 aliphatic heterocycles. The number of carbonyl (C=O) groups excluding carboxylic acids is 4. The van der Waals surface area contributed by atoms with Crippen LogP contribution in [0.25, 0.3) is 0 Å². The van der Waals surface area contributed by atoms with E-state index in [1.807, 2.05) is 0 Å². The van der Waals surface area contributed by atoms with Gasteiger partial charge in [-0.3, -0.25) is 19.2 Å². The first-order valence-corrected chi connectivity index (χ1v) is 6.62. The molecule has 0 bridgehead atoms.